The fourth-order valence-corrected chi connectivity index (χ4v) is 5.55. The molecule has 2 saturated heterocycles. The molecule has 28 heavy (non-hydrogen) atoms. The van der Waals surface area contributed by atoms with E-state index in [1.165, 1.54) is 37.8 Å². The third-order valence-corrected chi connectivity index (χ3v) is 7.13. The summed E-state index contributed by atoms with van der Waals surface area (Å²) in [6, 6.07) is 4.72. The van der Waals surface area contributed by atoms with Gasteiger partial charge in [-0.3, -0.25) is 9.59 Å². The van der Waals surface area contributed by atoms with Crippen molar-refractivity contribution in [3.05, 3.63) is 24.0 Å². The zero-order valence-corrected chi connectivity index (χ0v) is 17.3. The Morgan fingerprint density at radius 3 is 2.43 bits per heavy atom. The van der Waals surface area contributed by atoms with Crippen LogP contribution in [0.1, 0.15) is 82.4 Å². The molecule has 2 atom stereocenters. The van der Waals surface area contributed by atoms with E-state index >= 15 is 0 Å². The van der Waals surface area contributed by atoms with Crippen LogP contribution in [0, 0.1) is 5.92 Å². The van der Waals surface area contributed by atoms with E-state index in [1.807, 2.05) is 0 Å². The minimum Gasteiger partial charge on any atom is -0.353 e. The molecule has 3 aliphatic rings. The molecule has 0 unspecified atom stereocenters. The molecular weight excluding hydrogens is 350 g/mol. The molecule has 2 amide bonds. The van der Waals surface area contributed by atoms with Crippen molar-refractivity contribution in [2.24, 2.45) is 13.0 Å². The van der Waals surface area contributed by atoms with Crippen LogP contribution < -0.4 is 0 Å². The van der Waals surface area contributed by atoms with Gasteiger partial charge in [0.05, 0.1) is 12.0 Å². The SMILES string of the molecule is Cn1cccc1[C@H]1CCCCCN1C(=O)[C@H]1CC(=O)N(C2CCCCCC2)C1. The molecule has 2 aliphatic heterocycles. The fourth-order valence-electron chi connectivity index (χ4n) is 5.55. The van der Waals surface area contributed by atoms with E-state index < -0.39 is 0 Å². The van der Waals surface area contributed by atoms with Crippen LogP contribution in [0.3, 0.4) is 0 Å². The van der Waals surface area contributed by atoms with Gasteiger partial charge < -0.3 is 14.4 Å². The monoisotopic (exact) mass is 385 g/mol. The van der Waals surface area contributed by atoms with Crippen LogP contribution in [-0.4, -0.2) is 45.3 Å². The summed E-state index contributed by atoms with van der Waals surface area (Å²) in [5.41, 5.74) is 1.22. The highest BCUT2D eigenvalue weighted by molar-refractivity contribution is 5.89. The van der Waals surface area contributed by atoms with Gasteiger partial charge in [0.25, 0.3) is 0 Å². The maximum Gasteiger partial charge on any atom is 0.228 e. The van der Waals surface area contributed by atoms with Crippen molar-refractivity contribution in [2.75, 3.05) is 13.1 Å². The predicted octanol–water partition coefficient (Wildman–Crippen LogP) is 4.04. The third-order valence-electron chi connectivity index (χ3n) is 7.13. The number of nitrogens with zero attached hydrogens (tertiary/aromatic N) is 3. The zero-order chi connectivity index (χ0) is 19.5. The first-order valence-corrected chi connectivity index (χ1v) is 11.4. The zero-order valence-electron chi connectivity index (χ0n) is 17.3. The van der Waals surface area contributed by atoms with E-state index in [2.05, 4.69) is 39.7 Å². The van der Waals surface area contributed by atoms with Gasteiger partial charge in [-0.2, -0.15) is 0 Å². The van der Waals surface area contributed by atoms with Crippen molar-refractivity contribution in [1.29, 1.82) is 0 Å². The van der Waals surface area contributed by atoms with Crippen molar-refractivity contribution < 1.29 is 9.59 Å². The molecule has 1 aromatic rings. The van der Waals surface area contributed by atoms with Crippen LogP contribution >= 0.6 is 0 Å². The van der Waals surface area contributed by atoms with Crippen molar-refractivity contribution in [1.82, 2.24) is 14.4 Å². The van der Waals surface area contributed by atoms with Gasteiger partial charge >= 0.3 is 0 Å². The lowest BCUT2D eigenvalue weighted by Gasteiger charge is -2.33. The lowest BCUT2D eigenvalue weighted by molar-refractivity contribution is -0.138. The van der Waals surface area contributed by atoms with Crippen molar-refractivity contribution in [3.63, 3.8) is 0 Å². The molecule has 1 aromatic heterocycles. The Bertz CT molecular complexity index is 690. The topological polar surface area (TPSA) is 45.6 Å². The van der Waals surface area contributed by atoms with Gasteiger partial charge in [-0.1, -0.05) is 38.5 Å². The molecule has 5 heteroatoms. The summed E-state index contributed by atoms with van der Waals surface area (Å²) < 4.78 is 2.15. The summed E-state index contributed by atoms with van der Waals surface area (Å²) in [5, 5.41) is 0. The van der Waals surface area contributed by atoms with Gasteiger partial charge in [0.1, 0.15) is 0 Å². The van der Waals surface area contributed by atoms with Crippen molar-refractivity contribution in [2.45, 2.75) is 82.7 Å². The number of hydrogen-bond acceptors (Lipinski definition) is 2. The highest BCUT2D eigenvalue weighted by Gasteiger charge is 2.41. The number of carbonyl (C=O) groups is 2. The third kappa shape index (κ3) is 3.99. The molecule has 154 valence electrons. The molecule has 0 spiro atoms. The van der Waals surface area contributed by atoms with E-state index in [1.54, 1.807) is 0 Å². The minimum atomic E-state index is -0.156. The Kier molecular flexibility index (Phi) is 6.07. The van der Waals surface area contributed by atoms with E-state index in [0.29, 0.717) is 19.0 Å². The quantitative estimate of drug-likeness (QED) is 0.737. The summed E-state index contributed by atoms with van der Waals surface area (Å²) in [4.78, 5) is 30.5. The van der Waals surface area contributed by atoms with E-state index in [9.17, 15) is 9.59 Å². The fraction of sp³-hybridized carbons (Fsp3) is 0.739. The highest BCUT2D eigenvalue weighted by Crippen LogP contribution is 2.34. The molecule has 0 bridgehead atoms. The molecular formula is C23H35N3O2. The van der Waals surface area contributed by atoms with Crippen molar-refractivity contribution in [3.8, 4) is 0 Å². The Morgan fingerprint density at radius 1 is 1.00 bits per heavy atom. The summed E-state index contributed by atoms with van der Waals surface area (Å²) in [7, 11) is 2.07. The first-order valence-electron chi connectivity index (χ1n) is 11.4. The number of rotatable bonds is 3. The van der Waals surface area contributed by atoms with Gasteiger partial charge in [-0.25, -0.2) is 0 Å². The normalized spacial score (nSPS) is 27.7. The predicted molar refractivity (Wildman–Crippen MR) is 110 cm³/mol. The maximum absolute atomic E-state index is 13.5. The second kappa shape index (κ2) is 8.71. The Labute approximate surface area is 169 Å². The number of carbonyl (C=O) groups excluding carboxylic acids is 2. The van der Waals surface area contributed by atoms with E-state index in [-0.39, 0.29) is 23.8 Å². The molecule has 4 rings (SSSR count). The summed E-state index contributed by atoms with van der Waals surface area (Å²) >= 11 is 0. The van der Waals surface area contributed by atoms with Gasteiger partial charge in [0.15, 0.2) is 0 Å². The van der Waals surface area contributed by atoms with Crippen LogP contribution in [0.15, 0.2) is 18.3 Å². The minimum absolute atomic E-state index is 0.150. The first kappa shape index (κ1) is 19.5. The smallest absolute Gasteiger partial charge is 0.228 e. The van der Waals surface area contributed by atoms with Crippen LogP contribution in [0.2, 0.25) is 0 Å². The molecule has 1 saturated carbocycles. The van der Waals surface area contributed by atoms with Crippen LogP contribution in [0.25, 0.3) is 0 Å². The standard InChI is InChI=1S/C23H35N3O2/c1-24-14-9-13-20(24)21-12-7-4-8-15-25(21)23(28)18-16-22(27)26(17-18)19-10-5-2-3-6-11-19/h9,13-14,18-19,21H,2-8,10-12,15-17H2,1H3/t18-,21+/m0/s1. The number of aromatic nitrogens is 1. The van der Waals surface area contributed by atoms with Gasteiger partial charge in [-0.05, 0) is 37.8 Å². The van der Waals surface area contributed by atoms with Crippen LogP contribution in [-0.2, 0) is 16.6 Å². The molecule has 0 aromatic carbocycles. The second-order valence-electron chi connectivity index (χ2n) is 9.03. The first-order chi connectivity index (χ1) is 13.6. The summed E-state index contributed by atoms with van der Waals surface area (Å²) in [6.07, 6.45) is 14.1. The Morgan fingerprint density at radius 2 is 1.71 bits per heavy atom. The molecule has 5 nitrogen and oxygen atoms in total. The van der Waals surface area contributed by atoms with Crippen molar-refractivity contribution >= 4 is 11.8 Å². The second-order valence-corrected chi connectivity index (χ2v) is 9.03. The van der Waals surface area contributed by atoms with Gasteiger partial charge in [-0.15, -0.1) is 0 Å². The molecule has 1 aliphatic carbocycles. The average Bonchev–Trinajstić information content (AvgIpc) is 3.07. The maximum atomic E-state index is 13.5. The van der Waals surface area contributed by atoms with Gasteiger partial charge in [0.2, 0.25) is 11.8 Å². The highest BCUT2D eigenvalue weighted by atomic mass is 16.2. The average molecular weight is 386 g/mol. The summed E-state index contributed by atoms with van der Waals surface area (Å²) in [5.74, 6) is 0.254. The molecule has 0 radical (unpaired) electrons. The lowest BCUT2D eigenvalue weighted by atomic mass is 10.0. The number of aryl methyl sites for hydroxylation is 1. The van der Waals surface area contributed by atoms with E-state index in [4.69, 9.17) is 0 Å². The number of hydrogen-bond donors (Lipinski definition) is 0. The molecule has 3 heterocycles. The lowest BCUT2D eigenvalue weighted by Crippen LogP contribution is -2.41. The van der Waals surface area contributed by atoms with Gasteiger partial charge in [0, 0.05) is 44.5 Å². The largest absolute Gasteiger partial charge is 0.353 e. The number of amides is 2. The summed E-state index contributed by atoms with van der Waals surface area (Å²) in [6.45, 7) is 1.46. The van der Waals surface area contributed by atoms with Crippen LogP contribution in [0.4, 0.5) is 0 Å². The molecule has 0 N–H and O–H groups in total. The Balaban J connectivity index is 1.49. The van der Waals surface area contributed by atoms with Crippen LogP contribution in [0.5, 0.6) is 0 Å². The molecule has 3 fully saturated rings. The van der Waals surface area contributed by atoms with E-state index in [0.717, 1.165) is 38.6 Å². The Hall–Kier alpha value is -1.78. The number of likely N-dealkylation sites (tertiary alicyclic amines) is 2.